The van der Waals surface area contributed by atoms with E-state index in [1.807, 2.05) is 6.92 Å². The van der Waals surface area contributed by atoms with Crippen molar-refractivity contribution in [3.63, 3.8) is 0 Å². The van der Waals surface area contributed by atoms with E-state index in [2.05, 4.69) is 10.1 Å². The van der Waals surface area contributed by atoms with Gasteiger partial charge in [-0.25, -0.2) is 4.79 Å². The van der Waals surface area contributed by atoms with E-state index in [1.54, 1.807) is 18.2 Å². The van der Waals surface area contributed by atoms with Crippen molar-refractivity contribution < 1.29 is 14.3 Å². The molecule has 98 valence electrons. The molecule has 1 aromatic carbocycles. The van der Waals surface area contributed by atoms with E-state index >= 15 is 0 Å². The molecule has 6 nitrogen and oxygen atoms in total. The average molecular weight is 251 g/mol. The lowest BCUT2D eigenvalue weighted by atomic mass is 10.1. The van der Waals surface area contributed by atoms with Gasteiger partial charge in [-0.05, 0) is 25.1 Å². The maximum absolute atomic E-state index is 11.4. The van der Waals surface area contributed by atoms with Crippen LogP contribution >= 0.6 is 0 Å². The normalized spacial score (nSPS) is 11.7. The van der Waals surface area contributed by atoms with E-state index < -0.39 is 11.9 Å². The second-order valence-corrected chi connectivity index (χ2v) is 4.01. The summed E-state index contributed by atoms with van der Waals surface area (Å²) in [6, 6.07) is 4.78. The summed E-state index contributed by atoms with van der Waals surface area (Å²) in [5.74, 6) is -0.891. The summed E-state index contributed by atoms with van der Waals surface area (Å²) in [5, 5.41) is 3.06. The Morgan fingerprint density at radius 3 is 2.67 bits per heavy atom. The van der Waals surface area contributed by atoms with Crippen LogP contribution in [0.5, 0.6) is 0 Å². The van der Waals surface area contributed by atoms with Gasteiger partial charge < -0.3 is 21.5 Å². The summed E-state index contributed by atoms with van der Waals surface area (Å²) in [6.45, 7) is 1.82. The quantitative estimate of drug-likeness (QED) is 0.528. The van der Waals surface area contributed by atoms with Gasteiger partial charge in [-0.15, -0.1) is 0 Å². The Balaban J connectivity index is 2.85. The van der Waals surface area contributed by atoms with Crippen molar-refractivity contribution in [1.29, 1.82) is 0 Å². The average Bonchev–Trinajstić information content (AvgIpc) is 2.29. The Labute approximate surface area is 105 Å². The zero-order valence-electron chi connectivity index (χ0n) is 10.4. The van der Waals surface area contributed by atoms with Crippen LogP contribution in [0.25, 0.3) is 0 Å². The van der Waals surface area contributed by atoms with Gasteiger partial charge >= 0.3 is 5.97 Å². The largest absolute Gasteiger partial charge is 0.465 e. The van der Waals surface area contributed by atoms with Crippen molar-refractivity contribution in [1.82, 2.24) is 0 Å². The van der Waals surface area contributed by atoms with E-state index in [9.17, 15) is 9.59 Å². The zero-order valence-corrected chi connectivity index (χ0v) is 10.4. The van der Waals surface area contributed by atoms with Gasteiger partial charge in [-0.3, -0.25) is 4.79 Å². The minimum atomic E-state index is -0.501. The summed E-state index contributed by atoms with van der Waals surface area (Å²) in [4.78, 5) is 22.2. The fourth-order valence-corrected chi connectivity index (χ4v) is 1.57. The highest BCUT2D eigenvalue weighted by molar-refractivity contribution is 5.96. The van der Waals surface area contributed by atoms with Crippen LogP contribution in [0.1, 0.15) is 23.7 Å². The Morgan fingerprint density at radius 2 is 2.11 bits per heavy atom. The predicted molar refractivity (Wildman–Crippen MR) is 69.1 cm³/mol. The van der Waals surface area contributed by atoms with Crippen LogP contribution in [-0.4, -0.2) is 25.0 Å². The van der Waals surface area contributed by atoms with Crippen LogP contribution in [0, 0.1) is 0 Å². The first-order valence-electron chi connectivity index (χ1n) is 5.46. The number of benzene rings is 1. The number of primary amides is 1. The molecule has 6 heteroatoms. The summed E-state index contributed by atoms with van der Waals surface area (Å²) in [5.41, 5.74) is 12.1. The van der Waals surface area contributed by atoms with Gasteiger partial charge in [-0.1, -0.05) is 0 Å². The number of nitrogen functional groups attached to an aromatic ring is 1. The number of methoxy groups -OCH3 is 1. The molecule has 0 aliphatic carbocycles. The Kier molecular flexibility index (Phi) is 4.53. The minimum absolute atomic E-state index is 0.128. The molecule has 0 saturated carbocycles. The molecular weight excluding hydrogens is 234 g/mol. The molecule has 0 spiro atoms. The highest BCUT2D eigenvalue weighted by atomic mass is 16.5. The minimum Gasteiger partial charge on any atom is -0.465 e. The van der Waals surface area contributed by atoms with Crippen LogP contribution in [0.3, 0.4) is 0 Å². The number of hydrogen-bond acceptors (Lipinski definition) is 5. The van der Waals surface area contributed by atoms with Crippen LogP contribution < -0.4 is 16.8 Å². The molecule has 0 saturated heterocycles. The number of carbonyl (C=O) groups excluding carboxylic acids is 2. The van der Waals surface area contributed by atoms with Crippen LogP contribution in [0.2, 0.25) is 0 Å². The van der Waals surface area contributed by atoms with E-state index in [1.165, 1.54) is 7.11 Å². The molecule has 1 rings (SSSR count). The van der Waals surface area contributed by atoms with Gasteiger partial charge in [0.05, 0.1) is 12.7 Å². The third-order valence-electron chi connectivity index (χ3n) is 2.38. The highest BCUT2D eigenvalue weighted by Gasteiger charge is 2.12. The third-order valence-corrected chi connectivity index (χ3v) is 2.38. The molecule has 0 aliphatic rings. The molecule has 1 amide bonds. The molecule has 0 radical (unpaired) electrons. The topological polar surface area (TPSA) is 107 Å². The maximum Gasteiger partial charge on any atom is 0.340 e. The second-order valence-electron chi connectivity index (χ2n) is 4.01. The van der Waals surface area contributed by atoms with Crippen molar-refractivity contribution in [3.05, 3.63) is 23.8 Å². The molecule has 1 atom stereocenters. The number of carbonyl (C=O) groups is 2. The van der Waals surface area contributed by atoms with Crippen molar-refractivity contribution >= 4 is 23.3 Å². The third kappa shape index (κ3) is 3.65. The predicted octanol–water partition coefficient (Wildman–Crippen LogP) is 0.731. The number of nitrogens with two attached hydrogens (primary N) is 2. The molecule has 0 bridgehead atoms. The number of nitrogens with one attached hydrogen (secondary N) is 1. The Hall–Kier alpha value is -2.24. The van der Waals surface area contributed by atoms with Gasteiger partial charge in [0.1, 0.15) is 0 Å². The SMILES string of the molecule is COC(=O)c1cc(NC(C)CC(N)=O)ccc1N. The summed E-state index contributed by atoms with van der Waals surface area (Å²) < 4.78 is 4.62. The number of amides is 1. The molecular formula is C12H17N3O3. The van der Waals surface area contributed by atoms with Crippen LogP contribution in [-0.2, 0) is 9.53 Å². The molecule has 5 N–H and O–H groups in total. The number of hydrogen-bond donors (Lipinski definition) is 3. The lowest BCUT2D eigenvalue weighted by Gasteiger charge is -2.14. The number of esters is 1. The first kappa shape index (κ1) is 13.8. The maximum atomic E-state index is 11.4. The first-order valence-corrected chi connectivity index (χ1v) is 5.46. The molecule has 1 aromatic rings. The van der Waals surface area contributed by atoms with E-state index in [4.69, 9.17) is 11.5 Å². The van der Waals surface area contributed by atoms with Gasteiger partial charge in [0, 0.05) is 23.8 Å². The Morgan fingerprint density at radius 1 is 1.44 bits per heavy atom. The molecule has 0 heterocycles. The molecule has 18 heavy (non-hydrogen) atoms. The summed E-state index contributed by atoms with van der Waals surface area (Å²) in [7, 11) is 1.29. The van der Waals surface area contributed by atoms with Crippen molar-refractivity contribution in [2.75, 3.05) is 18.2 Å². The summed E-state index contributed by atoms with van der Waals surface area (Å²) in [6.07, 6.45) is 0.206. The summed E-state index contributed by atoms with van der Waals surface area (Å²) >= 11 is 0. The standard InChI is InChI=1S/C12H17N3O3/c1-7(5-11(14)16)15-8-3-4-10(13)9(6-8)12(17)18-2/h3-4,6-7,15H,5,13H2,1-2H3,(H2,14,16). The highest BCUT2D eigenvalue weighted by Crippen LogP contribution is 2.19. The lowest BCUT2D eigenvalue weighted by molar-refractivity contribution is -0.118. The second kappa shape index (κ2) is 5.90. The number of ether oxygens (including phenoxy) is 1. The van der Waals surface area contributed by atoms with Crippen LogP contribution in [0.15, 0.2) is 18.2 Å². The van der Waals surface area contributed by atoms with Crippen LogP contribution in [0.4, 0.5) is 11.4 Å². The fraction of sp³-hybridized carbons (Fsp3) is 0.333. The molecule has 0 aliphatic heterocycles. The van der Waals surface area contributed by atoms with Gasteiger partial charge in [0.2, 0.25) is 5.91 Å². The van der Waals surface area contributed by atoms with Gasteiger partial charge in [0.25, 0.3) is 0 Å². The van der Waals surface area contributed by atoms with Gasteiger partial charge in [0.15, 0.2) is 0 Å². The van der Waals surface area contributed by atoms with E-state index in [0.29, 0.717) is 11.4 Å². The first-order chi connectivity index (χ1) is 8.43. The Bertz CT molecular complexity index is 460. The molecule has 0 fully saturated rings. The molecule has 0 aromatic heterocycles. The van der Waals surface area contributed by atoms with Gasteiger partial charge in [-0.2, -0.15) is 0 Å². The monoisotopic (exact) mass is 251 g/mol. The number of rotatable bonds is 5. The molecule has 1 unspecified atom stereocenters. The van der Waals surface area contributed by atoms with E-state index in [-0.39, 0.29) is 18.0 Å². The van der Waals surface area contributed by atoms with E-state index in [0.717, 1.165) is 0 Å². The zero-order chi connectivity index (χ0) is 13.7. The van der Waals surface area contributed by atoms with Crippen molar-refractivity contribution in [2.24, 2.45) is 5.73 Å². The van der Waals surface area contributed by atoms with Crippen molar-refractivity contribution in [2.45, 2.75) is 19.4 Å². The van der Waals surface area contributed by atoms with Crippen molar-refractivity contribution in [3.8, 4) is 0 Å². The number of anilines is 2. The smallest absolute Gasteiger partial charge is 0.340 e. The lowest BCUT2D eigenvalue weighted by Crippen LogP contribution is -2.24. The fourth-order valence-electron chi connectivity index (χ4n) is 1.57.